The van der Waals surface area contributed by atoms with Crippen LogP contribution in [0.3, 0.4) is 0 Å². The molecule has 0 radical (unpaired) electrons. The zero-order valence-corrected chi connectivity index (χ0v) is 19.6. The third kappa shape index (κ3) is 3.67. The van der Waals surface area contributed by atoms with E-state index in [1.165, 1.54) is 20.8 Å². The molecule has 0 N–H and O–H groups in total. The first-order chi connectivity index (χ1) is 15.0. The van der Waals surface area contributed by atoms with Crippen molar-refractivity contribution in [2.24, 2.45) is 28.6 Å². The minimum Gasteiger partial charge on any atom is -0.462 e. The van der Waals surface area contributed by atoms with E-state index in [9.17, 15) is 19.2 Å². The number of ketones is 1. The largest absolute Gasteiger partial charge is 0.462 e. The molecule has 0 bridgehead atoms. The maximum atomic E-state index is 13.0. The lowest BCUT2D eigenvalue weighted by molar-refractivity contribution is -0.189. The zero-order valence-electron chi connectivity index (χ0n) is 19.6. The van der Waals surface area contributed by atoms with Gasteiger partial charge in [0, 0.05) is 50.9 Å². The minimum atomic E-state index is -0.587. The second-order valence-electron chi connectivity index (χ2n) is 10.6. The Hall–Kier alpha value is -2.18. The molecule has 4 rings (SSSR count). The van der Waals surface area contributed by atoms with Gasteiger partial charge < -0.3 is 14.2 Å². The molecule has 4 aliphatic rings. The van der Waals surface area contributed by atoms with Crippen molar-refractivity contribution in [1.29, 1.82) is 0 Å². The summed E-state index contributed by atoms with van der Waals surface area (Å²) in [5.74, 6) is -0.943. The summed E-state index contributed by atoms with van der Waals surface area (Å²) < 4.78 is 17.2. The van der Waals surface area contributed by atoms with Crippen LogP contribution in [0.2, 0.25) is 0 Å². The fourth-order valence-corrected chi connectivity index (χ4v) is 7.41. The summed E-state index contributed by atoms with van der Waals surface area (Å²) in [6.07, 6.45) is 4.74. The van der Waals surface area contributed by atoms with Gasteiger partial charge >= 0.3 is 17.9 Å². The topological polar surface area (TPSA) is 96.0 Å². The number of hydrogen-bond donors (Lipinski definition) is 0. The van der Waals surface area contributed by atoms with Gasteiger partial charge in [-0.25, -0.2) is 0 Å². The molecule has 7 nitrogen and oxygen atoms in total. The highest BCUT2D eigenvalue weighted by atomic mass is 16.6. The first kappa shape index (κ1) is 23.0. The van der Waals surface area contributed by atoms with E-state index in [-0.39, 0.29) is 53.0 Å². The van der Waals surface area contributed by atoms with Gasteiger partial charge in [0.05, 0.1) is 0 Å². The summed E-state index contributed by atoms with van der Waals surface area (Å²) in [4.78, 5) is 48.7. The lowest BCUT2D eigenvalue weighted by Crippen LogP contribution is -2.61. The van der Waals surface area contributed by atoms with Crippen molar-refractivity contribution in [2.45, 2.75) is 91.5 Å². The molecule has 176 valence electrons. The molecular formula is C25H34O7. The summed E-state index contributed by atoms with van der Waals surface area (Å²) in [6.45, 7) is 8.40. The predicted molar refractivity (Wildman–Crippen MR) is 114 cm³/mol. The Morgan fingerprint density at radius 1 is 0.938 bits per heavy atom. The van der Waals surface area contributed by atoms with Crippen molar-refractivity contribution in [3.05, 3.63) is 11.6 Å². The Kier molecular flexibility index (Phi) is 5.74. The molecule has 7 heteroatoms. The van der Waals surface area contributed by atoms with Gasteiger partial charge in [0.2, 0.25) is 0 Å². The molecule has 0 aliphatic heterocycles. The number of hydrogen-bond acceptors (Lipinski definition) is 7. The van der Waals surface area contributed by atoms with Gasteiger partial charge in [-0.3, -0.25) is 19.2 Å². The Morgan fingerprint density at radius 2 is 1.59 bits per heavy atom. The molecule has 0 spiro atoms. The third-order valence-electron chi connectivity index (χ3n) is 8.64. The van der Waals surface area contributed by atoms with Crippen LogP contribution in [0.5, 0.6) is 0 Å². The van der Waals surface area contributed by atoms with Crippen LogP contribution in [0.4, 0.5) is 0 Å². The van der Waals surface area contributed by atoms with Gasteiger partial charge in [-0.2, -0.15) is 0 Å². The fraction of sp³-hybridized carbons (Fsp3) is 0.760. The SMILES string of the molecule is CC(=O)O[C@H]1CC[C@@]2(C)C(=C[C@H](OC(C)=O)[C@@H]3C2[C@H](OC(C)=O)C[C@]2(C)C(=O)CC[C@@H]32)C1. The highest BCUT2D eigenvalue weighted by Crippen LogP contribution is 2.65. The standard InChI is InChI=1S/C25H34O7/c1-13(26)30-17-8-9-24(4)16(10-17)11-19(31-14(2)27)22-18-6-7-21(29)25(18,5)12-20(23(22)24)32-15(3)28/h11,17-20,22-23H,6-10,12H2,1-5H3/t17-,18-,19-,20+,22+,23?,24-,25-/m0/s1. The van der Waals surface area contributed by atoms with Crippen LogP contribution in [0, 0.1) is 28.6 Å². The molecule has 0 saturated heterocycles. The molecule has 3 fully saturated rings. The molecule has 8 atom stereocenters. The van der Waals surface area contributed by atoms with Crippen molar-refractivity contribution in [2.75, 3.05) is 0 Å². The van der Waals surface area contributed by atoms with Crippen molar-refractivity contribution in [3.63, 3.8) is 0 Å². The van der Waals surface area contributed by atoms with Crippen LogP contribution in [-0.2, 0) is 33.4 Å². The minimum absolute atomic E-state index is 0.0666. The van der Waals surface area contributed by atoms with Gasteiger partial charge in [0.1, 0.15) is 24.1 Å². The van der Waals surface area contributed by atoms with Crippen molar-refractivity contribution < 1.29 is 33.4 Å². The molecule has 1 unspecified atom stereocenters. The molecule has 0 amide bonds. The molecule has 0 aromatic carbocycles. The van der Waals surface area contributed by atoms with E-state index in [0.717, 1.165) is 24.8 Å². The monoisotopic (exact) mass is 446 g/mol. The molecule has 0 aromatic rings. The average molecular weight is 447 g/mol. The van der Waals surface area contributed by atoms with E-state index in [1.54, 1.807) is 0 Å². The van der Waals surface area contributed by atoms with E-state index in [0.29, 0.717) is 19.3 Å². The van der Waals surface area contributed by atoms with Crippen molar-refractivity contribution in [3.8, 4) is 0 Å². The predicted octanol–water partition coefficient (Wildman–Crippen LogP) is 3.53. The summed E-state index contributed by atoms with van der Waals surface area (Å²) >= 11 is 0. The fourth-order valence-electron chi connectivity index (χ4n) is 7.41. The lowest BCUT2D eigenvalue weighted by atomic mass is 9.46. The number of ether oxygens (including phenoxy) is 3. The lowest BCUT2D eigenvalue weighted by Gasteiger charge is -2.60. The van der Waals surface area contributed by atoms with E-state index >= 15 is 0 Å². The Morgan fingerprint density at radius 3 is 2.22 bits per heavy atom. The highest BCUT2D eigenvalue weighted by Gasteiger charge is 2.65. The summed E-state index contributed by atoms with van der Waals surface area (Å²) in [6, 6.07) is 0. The van der Waals surface area contributed by atoms with E-state index in [1.807, 2.05) is 13.0 Å². The second kappa shape index (κ2) is 7.99. The normalized spacial score (nSPS) is 42.7. The maximum absolute atomic E-state index is 13.0. The Balaban J connectivity index is 1.81. The molecular weight excluding hydrogens is 412 g/mol. The molecule has 32 heavy (non-hydrogen) atoms. The summed E-state index contributed by atoms with van der Waals surface area (Å²) in [7, 11) is 0. The molecule has 3 saturated carbocycles. The Bertz CT molecular complexity index is 876. The van der Waals surface area contributed by atoms with Crippen molar-refractivity contribution in [1.82, 2.24) is 0 Å². The van der Waals surface area contributed by atoms with Crippen LogP contribution >= 0.6 is 0 Å². The van der Waals surface area contributed by atoms with Gasteiger partial charge in [-0.15, -0.1) is 0 Å². The zero-order chi connectivity index (χ0) is 23.4. The average Bonchev–Trinajstić information content (AvgIpc) is 2.95. The van der Waals surface area contributed by atoms with Crippen LogP contribution in [0.25, 0.3) is 0 Å². The highest BCUT2D eigenvalue weighted by molar-refractivity contribution is 5.87. The van der Waals surface area contributed by atoms with Gasteiger partial charge in [-0.1, -0.05) is 19.4 Å². The van der Waals surface area contributed by atoms with Crippen LogP contribution in [-0.4, -0.2) is 42.0 Å². The number of fused-ring (bicyclic) bond motifs is 5. The van der Waals surface area contributed by atoms with Crippen molar-refractivity contribution >= 4 is 23.7 Å². The molecule has 4 aliphatic carbocycles. The van der Waals surface area contributed by atoms with Gasteiger partial charge in [-0.05, 0) is 43.1 Å². The summed E-state index contributed by atoms with van der Waals surface area (Å²) in [5, 5.41) is 0. The first-order valence-electron chi connectivity index (χ1n) is 11.7. The Labute approximate surface area is 189 Å². The van der Waals surface area contributed by atoms with Gasteiger partial charge in [0.15, 0.2) is 0 Å². The van der Waals surface area contributed by atoms with Crippen LogP contribution < -0.4 is 0 Å². The van der Waals surface area contributed by atoms with E-state index < -0.39 is 17.6 Å². The quantitative estimate of drug-likeness (QED) is 0.372. The van der Waals surface area contributed by atoms with Gasteiger partial charge in [0.25, 0.3) is 0 Å². The molecule has 0 heterocycles. The third-order valence-corrected chi connectivity index (χ3v) is 8.64. The number of esters is 3. The van der Waals surface area contributed by atoms with E-state index in [4.69, 9.17) is 14.2 Å². The number of rotatable bonds is 3. The smallest absolute Gasteiger partial charge is 0.303 e. The maximum Gasteiger partial charge on any atom is 0.303 e. The number of carbonyl (C=O) groups excluding carboxylic acids is 4. The van der Waals surface area contributed by atoms with E-state index in [2.05, 4.69) is 6.92 Å². The second-order valence-corrected chi connectivity index (χ2v) is 10.6. The number of Topliss-reactive ketones (excluding diaryl/α,β-unsaturated/α-hetero) is 1. The first-order valence-corrected chi connectivity index (χ1v) is 11.7. The van der Waals surface area contributed by atoms with Crippen LogP contribution in [0.15, 0.2) is 11.6 Å². The summed E-state index contributed by atoms with van der Waals surface area (Å²) in [5.41, 5.74) is 0.217. The number of carbonyl (C=O) groups is 4. The molecule has 0 aromatic heterocycles. The van der Waals surface area contributed by atoms with Crippen LogP contribution in [0.1, 0.15) is 73.1 Å².